The van der Waals surface area contributed by atoms with Crippen LogP contribution in [-0.2, 0) is 0 Å². The van der Waals surface area contributed by atoms with E-state index in [1.165, 1.54) is 0 Å². The summed E-state index contributed by atoms with van der Waals surface area (Å²) in [6.07, 6.45) is 1.55. The predicted molar refractivity (Wildman–Crippen MR) is 78.3 cm³/mol. The fraction of sp³-hybridized carbons (Fsp3) is 0.286. The molecule has 0 aliphatic heterocycles. The summed E-state index contributed by atoms with van der Waals surface area (Å²) in [5.74, 6) is 0.482. The van der Waals surface area contributed by atoms with Gasteiger partial charge in [-0.15, -0.1) is 0 Å². The lowest BCUT2D eigenvalue weighted by molar-refractivity contribution is 0.688. The van der Waals surface area contributed by atoms with Crippen molar-refractivity contribution >= 4 is 17.4 Å². The van der Waals surface area contributed by atoms with E-state index in [1.54, 1.807) is 6.20 Å². The van der Waals surface area contributed by atoms with Crippen molar-refractivity contribution in [1.29, 1.82) is 0 Å². The number of nitrogens with one attached hydrogen (secondary N) is 1. The number of rotatable bonds is 3. The number of hydrogen-bond acceptors (Lipinski definition) is 4. The van der Waals surface area contributed by atoms with Gasteiger partial charge in [0.1, 0.15) is 5.82 Å². The molecule has 2 heterocycles. The summed E-state index contributed by atoms with van der Waals surface area (Å²) in [5, 5.41) is 3.83. The fourth-order valence-electron chi connectivity index (χ4n) is 2.23. The number of nitrogens with two attached hydrogens (primary N) is 1. The molecule has 0 amide bonds. The number of aromatic nitrogens is 2. The Labute approximate surface area is 118 Å². The molecule has 1 unspecified atom stereocenters. The second kappa shape index (κ2) is 5.55. The van der Waals surface area contributed by atoms with Crippen molar-refractivity contribution in [3.8, 4) is 0 Å². The van der Waals surface area contributed by atoms with E-state index in [0.717, 1.165) is 22.5 Å². The normalized spacial score (nSPS) is 12.4. The van der Waals surface area contributed by atoms with Crippen LogP contribution < -0.4 is 11.1 Å². The summed E-state index contributed by atoms with van der Waals surface area (Å²) >= 11 is 6.01. The molecule has 0 aliphatic rings. The molecule has 1 atom stereocenters. The number of pyridine rings is 2. The number of aryl methyl sites for hydroxylation is 2. The van der Waals surface area contributed by atoms with Gasteiger partial charge in [-0.1, -0.05) is 11.6 Å². The molecule has 100 valence electrons. The monoisotopic (exact) mass is 276 g/mol. The SMILES string of the molecule is CNC(c1cc(C)nc(C)c1)c1cc(Cl)cnc1N. The number of halogens is 1. The molecule has 0 spiro atoms. The maximum absolute atomic E-state index is 6.01. The molecule has 0 radical (unpaired) electrons. The van der Waals surface area contributed by atoms with Gasteiger partial charge in [0.15, 0.2) is 0 Å². The summed E-state index contributed by atoms with van der Waals surface area (Å²) in [4.78, 5) is 8.49. The average Bonchev–Trinajstić information content (AvgIpc) is 2.33. The molecule has 0 aliphatic carbocycles. The molecule has 2 aromatic rings. The summed E-state index contributed by atoms with van der Waals surface area (Å²) in [6.45, 7) is 3.95. The Balaban J connectivity index is 2.52. The standard InChI is InChI=1S/C14H17ClN4/c1-8-4-10(5-9(2)19-8)13(17-3)12-6-11(15)7-18-14(12)16/h4-7,13,17H,1-3H3,(H2,16,18). The number of nitrogen functional groups attached to an aromatic ring is 1. The van der Waals surface area contributed by atoms with Gasteiger partial charge < -0.3 is 11.1 Å². The smallest absolute Gasteiger partial charge is 0.128 e. The molecule has 2 rings (SSSR count). The summed E-state index contributed by atoms with van der Waals surface area (Å²) in [7, 11) is 1.89. The third-order valence-corrected chi connectivity index (χ3v) is 3.16. The van der Waals surface area contributed by atoms with Crippen molar-refractivity contribution in [2.45, 2.75) is 19.9 Å². The molecule has 0 aromatic carbocycles. The van der Waals surface area contributed by atoms with E-state index in [4.69, 9.17) is 17.3 Å². The first-order valence-corrected chi connectivity index (χ1v) is 6.42. The first-order chi connectivity index (χ1) is 9.01. The van der Waals surface area contributed by atoms with Gasteiger partial charge in [-0.3, -0.25) is 4.98 Å². The van der Waals surface area contributed by atoms with Gasteiger partial charge >= 0.3 is 0 Å². The van der Waals surface area contributed by atoms with Gasteiger partial charge in [-0.2, -0.15) is 0 Å². The molecule has 0 saturated carbocycles. The molecule has 0 saturated heterocycles. The molecule has 19 heavy (non-hydrogen) atoms. The minimum Gasteiger partial charge on any atom is -0.383 e. The summed E-state index contributed by atoms with van der Waals surface area (Å²) < 4.78 is 0. The molecule has 5 heteroatoms. The van der Waals surface area contributed by atoms with E-state index in [0.29, 0.717) is 10.8 Å². The van der Waals surface area contributed by atoms with Gasteiger partial charge in [-0.05, 0) is 44.7 Å². The minimum atomic E-state index is -0.0494. The number of anilines is 1. The van der Waals surface area contributed by atoms with Gasteiger partial charge in [0.2, 0.25) is 0 Å². The number of nitrogens with zero attached hydrogens (tertiary/aromatic N) is 2. The highest BCUT2D eigenvalue weighted by Gasteiger charge is 2.17. The first-order valence-electron chi connectivity index (χ1n) is 6.04. The van der Waals surface area contributed by atoms with Gasteiger partial charge in [0, 0.05) is 23.1 Å². The van der Waals surface area contributed by atoms with Gasteiger partial charge in [0.25, 0.3) is 0 Å². The van der Waals surface area contributed by atoms with Crippen LogP contribution in [0.1, 0.15) is 28.6 Å². The van der Waals surface area contributed by atoms with Crippen LogP contribution in [0.4, 0.5) is 5.82 Å². The summed E-state index contributed by atoms with van der Waals surface area (Å²) in [6, 6.07) is 5.87. The van der Waals surface area contributed by atoms with Crippen molar-refractivity contribution in [2.75, 3.05) is 12.8 Å². The lowest BCUT2D eigenvalue weighted by Gasteiger charge is -2.19. The Morgan fingerprint density at radius 1 is 1.21 bits per heavy atom. The van der Waals surface area contributed by atoms with E-state index in [-0.39, 0.29) is 6.04 Å². The fourth-order valence-corrected chi connectivity index (χ4v) is 2.40. The van der Waals surface area contributed by atoms with Crippen molar-refractivity contribution < 1.29 is 0 Å². The molecule has 0 fully saturated rings. The second-order valence-corrected chi connectivity index (χ2v) is 4.97. The Morgan fingerprint density at radius 3 is 2.42 bits per heavy atom. The molecular weight excluding hydrogens is 260 g/mol. The maximum atomic E-state index is 6.01. The number of hydrogen-bond donors (Lipinski definition) is 2. The highest BCUT2D eigenvalue weighted by Crippen LogP contribution is 2.28. The highest BCUT2D eigenvalue weighted by molar-refractivity contribution is 6.30. The van der Waals surface area contributed by atoms with E-state index in [1.807, 2.05) is 39.1 Å². The van der Waals surface area contributed by atoms with E-state index >= 15 is 0 Å². The second-order valence-electron chi connectivity index (χ2n) is 4.53. The Hall–Kier alpha value is -1.65. The van der Waals surface area contributed by atoms with E-state index in [2.05, 4.69) is 15.3 Å². The quantitative estimate of drug-likeness (QED) is 0.905. The van der Waals surface area contributed by atoms with Gasteiger partial charge in [0.05, 0.1) is 11.1 Å². The van der Waals surface area contributed by atoms with Crippen LogP contribution in [0.5, 0.6) is 0 Å². The van der Waals surface area contributed by atoms with Crippen molar-refractivity contribution in [2.24, 2.45) is 0 Å². The third-order valence-electron chi connectivity index (χ3n) is 2.95. The maximum Gasteiger partial charge on any atom is 0.128 e. The predicted octanol–water partition coefficient (Wildman–Crippen LogP) is 2.64. The topological polar surface area (TPSA) is 63.8 Å². The molecular formula is C14H17ClN4. The first kappa shape index (κ1) is 13.8. The van der Waals surface area contributed by atoms with Crippen LogP contribution in [-0.4, -0.2) is 17.0 Å². The van der Waals surface area contributed by atoms with E-state index in [9.17, 15) is 0 Å². The Bertz CT molecular complexity index is 578. The van der Waals surface area contributed by atoms with Crippen molar-refractivity contribution in [1.82, 2.24) is 15.3 Å². The zero-order chi connectivity index (χ0) is 14.0. The molecule has 2 aromatic heterocycles. The zero-order valence-electron chi connectivity index (χ0n) is 11.2. The molecule has 4 nitrogen and oxygen atoms in total. The van der Waals surface area contributed by atoms with Crippen molar-refractivity contribution in [3.63, 3.8) is 0 Å². The molecule has 3 N–H and O–H groups in total. The average molecular weight is 277 g/mol. The Morgan fingerprint density at radius 2 is 1.84 bits per heavy atom. The van der Waals surface area contributed by atoms with Gasteiger partial charge in [-0.25, -0.2) is 4.98 Å². The third kappa shape index (κ3) is 3.03. The largest absolute Gasteiger partial charge is 0.383 e. The Kier molecular flexibility index (Phi) is 4.02. The van der Waals surface area contributed by atoms with Crippen LogP contribution in [0.2, 0.25) is 5.02 Å². The lowest BCUT2D eigenvalue weighted by Crippen LogP contribution is -2.20. The van der Waals surface area contributed by atoms with Crippen LogP contribution in [0.3, 0.4) is 0 Å². The molecule has 0 bridgehead atoms. The lowest BCUT2D eigenvalue weighted by atomic mass is 9.99. The van der Waals surface area contributed by atoms with E-state index < -0.39 is 0 Å². The summed E-state index contributed by atoms with van der Waals surface area (Å²) in [5.41, 5.74) is 9.88. The highest BCUT2D eigenvalue weighted by atomic mass is 35.5. The van der Waals surface area contributed by atoms with Crippen LogP contribution in [0.25, 0.3) is 0 Å². The van der Waals surface area contributed by atoms with Crippen LogP contribution >= 0.6 is 11.6 Å². The van der Waals surface area contributed by atoms with Crippen LogP contribution in [0.15, 0.2) is 24.4 Å². The zero-order valence-corrected chi connectivity index (χ0v) is 12.0. The van der Waals surface area contributed by atoms with Crippen LogP contribution in [0, 0.1) is 13.8 Å². The minimum absolute atomic E-state index is 0.0494. The van der Waals surface area contributed by atoms with Crippen molar-refractivity contribution in [3.05, 3.63) is 51.9 Å².